The highest BCUT2D eigenvalue weighted by Crippen LogP contribution is 2.49. The number of nitrogens with one attached hydrogen (secondary N) is 2. The van der Waals surface area contributed by atoms with Gasteiger partial charge in [-0.3, -0.25) is 4.99 Å². The van der Waals surface area contributed by atoms with Gasteiger partial charge in [-0.2, -0.15) is 0 Å². The van der Waals surface area contributed by atoms with Gasteiger partial charge in [0, 0.05) is 31.7 Å². The molecule has 1 aromatic carbocycles. The highest BCUT2D eigenvalue weighted by Gasteiger charge is 2.41. The summed E-state index contributed by atoms with van der Waals surface area (Å²) in [5.41, 5.74) is 1.27. The van der Waals surface area contributed by atoms with Gasteiger partial charge in [0.1, 0.15) is 11.3 Å². The fourth-order valence-corrected chi connectivity index (χ4v) is 3.16. The fourth-order valence-electron chi connectivity index (χ4n) is 3.16. The van der Waals surface area contributed by atoms with Gasteiger partial charge in [-0.15, -0.1) is 0 Å². The second-order valence-electron chi connectivity index (χ2n) is 7.19. The van der Waals surface area contributed by atoms with Gasteiger partial charge in [-0.05, 0) is 57.6 Å². The van der Waals surface area contributed by atoms with Gasteiger partial charge >= 0.3 is 0 Å². The smallest absolute Gasteiger partial charge is 0.191 e. The molecule has 1 aliphatic carbocycles. The van der Waals surface area contributed by atoms with E-state index in [1.54, 1.807) is 0 Å². The van der Waals surface area contributed by atoms with E-state index in [4.69, 9.17) is 14.1 Å². The number of guanidine groups is 1. The van der Waals surface area contributed by atoms with Crippen molar-refractivity contribution in [3.05, 3.63) is 36.1 Å². The largest absolute Gasteiger partial charge is 0.459 e. The third kappa shape index (κ3) is 4.79. The first-order valence-corrected chi connectivity index (χ1v) is 9.77. The van der Waals surface area contributed by atoms with E-state index in [9.17, 15) is 0 Å². The third-order valence-electron chi connectivity index (χ3n) is 5.08. The zero-order chi connectivity index (χ0) is 18.4. The summed E-state index contributed by atoms with van der Waals surface area (Å²) in [4.78, 5) is 4.84. The molecule has 5 nitrogen and oxygen atoms in total. The molecule has 2 aromatic rings. The summed E-state index contributed by atoms with van der Waals surface area (Å²) in [5.74, 6) is 1.78. The fraction of sp³-hybridized carbons (Fsp3) is 0.571. The number of benzene rings is 1. The zero-order valence-electron chi connectivity index (χ0n) is 16.2. The van der Waals surface area contributed by atoms with Crippen molar-refractivity contribution in [3.8, 4) is 0 Å². The third-order valence-corrected chi connectivity index (χ3v) is 5.08. The summed E-state index contributed by atoms with van der Waals surface area (Å²) in [6.07, 6.45) is 3.60. The van der Waals surface area contributed by atoms with Crippen LogP contribution in [0.3, 0.4) is 0 Å². The standard InChI is InChI=1S/C21H31N3O2/c1-4-22-20(23-15-21(10-11-21)12-13-25-5-2)24-16(3)19-14-17-8-6-7-9-18(17)26-19/h6-9,14,16H,4-5,10-13,15H2,1-3H3,(H2,22,23,24). The molecule has 1 saturated carbocycles. The van der Waals surface area contributed by atoms with Crippen LogP contribution in [0.4, 0.5) is 0 Å². The number of ether oxygens (including phenoxy) is 1. The van der Waals surface area contributed by atoms with E-state index in [1.807, 2.05) is 25.1 Å². The van der Waals surface area contributed by atoms with Gasteiger partial charge in [-0.1, -0.05) is 18.2 Å². The van der Waals surface area contributed by atoms with Crippen molar-refractivity contribution in [1.82, 2.24) is 10.6 Å². The summed E-state index contributed by atoms with van der Waals surface area (Å²) in [6.45, 7) is 9.55. The predicted octanol–water partition coefficient (Wildman–Crippen LogP) is 4.26. The molecule has 1 aliphatic rings. The molecule has 1 unspecified atom stereocenters. The molecule has 0 spiro atoms. The van der Waals surface area contributed by atoms with Crippen LogP contribution in [0, 0.1) is 5.41 Å². The van der Waals surface area contributed by atoms with Crippen molar-refractivity contribution in [2.45, 2.75) is 46.1 Å². The van der Waals surface area contributed by atoms with Gasteiger partial charge in [0.15, 0.2) is 5.96 Å². The minimum atomic E-state index is 0.0544. The van der Waals surface area contributed by atoms with Crippen LogP contribution in [0.1, 0.15) is 51.8 Å². The minimum absolute atomic E-state index is 0.0544. The van der Waals surface area contributed by atoms with Crippen LogP contribution in [0.15, 0.2) is 39.7 Å². The first-order chi connectivity index (χ1) is 12.7. The minimum Gasteiger partial charge on any atom is -0.459 e. The van der Waals surface area contributed by atoms with Crippen molar-refractivity contribution < 1.29 is 9.15 Å². The SMILES string of the molecule is CCNC(=NCC1(CCOCC)CC1)NC(C)c1cc2ccccc2o1. The van der Waals surface area contributed by atoms with Gasteiger partial charge in [0.2, 0.25) is 0 Å². The van der Waals surface area contributed by atoms with E-state index in [-0.39, 0.29) is 6.04 Å². The number of aliphatic imine (C=N–C) groups is 1. The summed E-state index contributed by atoms with van der Waals surface area (Å²) >= 11 is 0. The molecule has 1 fully saturated rings. The van der Waals surface area contributed by atoms with Gasteiger partial charge in [0.25, 0.3) is 0 Å². The number of hydrogen-bond acceptors (Lipinski definition) is 3. The Hall–Kier alpha value is -2.01. The molecule has 1 atom stereocenters. The number of hydrogen-bond donors (Lipinski definition) is 2. The maximum absolute atomic E-state index is 5.97. The quantitative estimate of drug-likeness (QED) is 0.400. The number of fused-ring (bicyclic) bond motifs is 1. The van der Waals surface area contributed by atoms with Gasteiger partial charge in [-0.25, -0.2) is 0 Å². The monoisotopic (exact) mass is 357 g/mol. The average Bonchev–Trinajstić information content (AvgIpc) is 3.27. The van der Waals surface area contributed by atoms with Crippen LogP contribution >= 0.6 is 0 Å². The Bertz CT molecular complexity index is 701. The number of rotatable bonds is 9. The molecule has 0 radical (unpaired) electrons. The molecule has 1 heterocycles. The Morgan fingerprint density at radius 1 is 1.31 bits per heavy atom. The Morgan fingerprint density at radius 2 is 2.12 bits per heavy atom. The highest BCUT2D eigenvalue weighted by molar-refractivity contribution is 5.81. The van der Waals surface area contributed by atoms with Gasteiger partial charge in [0.05, 0.1) is 6.04 Å². The van der Waals surface area contributed by atoms with E-state index in [2.05, 4.69) is 36.6 Å². The van der Waals surface area contributed by atoms with Crippen LogP contribution in [-0.2, 0) is 4.74 Å². The van der Waals surface area contributed by atoms with E-state index in [0.717, 1.165) is 55.4 Å². The lowest BCUT2D eigenvalue weighted by Crippen LogP contribution is -2.39. The first kappa shape index (κ1) is 18.8. The summed E-state index contributed by atoms with van der Waals surface area (Å²) in [5, 5.41) is 7.96. The van der Waals surface area contributed by atoms with E-state index in [0.29, 0.717) is 5.41 Å². The molecular formula is C21H31N3O2. The molecule has 26 heavy (non-hydrogen) atoms. The van der Waals surface area contributed by atoms with E-state index >= 15 is 0 Å². The molecule has 3 rings (SSSR count). The normalized spacial score (nSPS) is 17.3. The Labute approximate surface area is 156 Å². The molecule has 0 bridgehead atoms. The first-order valence-electron chi connectivity index (χ1n) is 9.77. The second-order valence-corrected chi connectivity index (χ2v) is 7.19. The maximum Gasteiger partial charge on any atom is 0.191 e. The Morgan fingerprint density at radius 3 is 2.81 bits per heavy atom. The van der Waals surface area contributed by atoms with Crippen molar-refractivity contribution in [1.29, 1.82) is 0 Å². The summed E-state index contributed by atoms with van der Waals surface area (Å²) in [6, 6.07) is 10.3. The predicted molar refractivity (Wildman–Crippen MR) is 107 cm³/mol. The maximum atomic E-state index is 5.97. The summed E-state index contributed by atoms with van der Waals surface area (Å²) in [7, 11) is 0. The molecule has 5 heteroatoms. The topological polar surface area (TPSA) is 58.8 Å². The summed E-state index contributed by atoms with van der Waals surface area (Å²) < 4.78 is 11.5. The Balaban J connectivity index is 1.62. The number of para-hydroxylation sites is 1. The van der Waals surface area contributed by atoms with Crippen molar-refractivity contribution in [3.63, 3.8) is 0 Å². The average molecular weight is 357 g/mol. The zero-order valence-corrected chi connectivity index (χ0v) is 16.2. The van der Waals surface area contributed by atoms with Crippen LogP contribution in [-0.4, -0.2) is 32.3 Å². The molecule has 0 aliphatic heterocycles. The lowest BCUT2D eigenvalue weighted by Gasteiger charge is -2.18. The van der Waals surface area contributed by atoms with E-state index in [1.165, 1.54) is 12.8 Å². The number of nitrogens with zero attached hydrogens (tertiary/aromatic N) is 1. The lowest BCUT2D eigenvalue weighted by atomic mass is 10.0. The van der Waals surface area contributed by atoms with Crippen LogP contribution < -0.4 is 10.6 Å². The van der Waals surface area contributed by atoms with Crippen LogP contribution in [0.25, 0.3) is 11.0 Å². The molecule has 0 saturated heterocycles. The van der Waals surface area contributed by atoms with Gasteiger partial charge < -0.3 is 19.8 Å². The molecule has 1 aromatic heterocycles. The lowest BCUT2D eigenvalue weighted by molar-refractivity contribution is 0.129. The van der Waals surface area contributed by atoms with Crippen molar-refractivity contribution in [2.24, 2.45) is 10.4 Å². The second kappa shape index (κ2) is 8.58. The van der Waals surface area contributed by atoms with E-state index < -0.39 is 0 Å². The molecule has 0 amide bonds. The van der Waals surface area contributed by atoms with Crippen LogP contribution in [0.5, 0.6) is 0 Å². The molecule has 2 N–H and O–H groups in total. The Kier molecular flexibility index (Phi) is 6.20. The van der Waals surface area contributed by atoms with Crippen molar-refractivity contribution >= 4 is 16.9 Å². The number of furan rings is 1. The van der Waals surface area contributed by atoms with Crippen molar-refractivity contribution in [2.75, 3.05) is 26.3 Å². The van der Waals surface area contributed by atoms with Crippen LogP contribution in [0.2, 0.25) is 0 Å². The highest BCUT2D eigenvalue weighted by atomic mass is 16.5. The molecule has 142 valence electrons. The molecular weight excluding hydrogens is 326 g/mol.